The van der Waals surface area contributed by atoms with Crippen molar-refractivity contribution >= 4 is 35.2 Å². The van der Waals surface area contributed by atoms with Crippen LogP contribution in [-0.4, -0.2) is 35.3 Å². The molecule has 0 saturated carbocycles. The lowest BCUT2D eigenvalue weighted by Gasteiger charge is -2.24. The highest BCUT2D eigenvalue weighted by molar-refractivity contribution is 7.07. The number of carboxylic acids is 1. The molecule has 9 nitrogen and oxygen atoms in total. The molecule has 10 heteroatoms. The molecule has 2 aromatic carbocycles. The maximum atomic E-state index is 13.5. The van der Waals surface area contributed by atoms with Crippen LogP contribution in [0.15, 0.2) is 69.6 Å². The molecule has 180 valence electrons. The van der Waals surface area contributed by atoms with Crippen LogP contribution in [0.4, 0.5) is 5.69 Å². The van der Waals surface area contributed by atoms with E-state index < -0.39 is 18.0 Å². The summed E-state index contributed by atoms with van der Waals surface area (Å²) >= 11 is 1.18. The van der Waals surface area contributed by atoms with Crippen molar-refractivity contribution in [1.29, 1.82) is 0 Å². The normalized spacial score (nSPS) is 15.3. The lowest BCUT2D eigenvalue weighted by molar-refractivity contribution is -0.139. The number of benzene rings is 2. The van der Waals surface area contributed by atoms with Gasteiger partial charge in [-0.05, 0) is 55.8 Å². The number of rotatable bonds is 7. The number of nitrogens with one attached hydrogen (secondary N) is 1. The molecule has 0 fully saturated rings. The largest absolute Gasteiger partial charge is 0.497 e. The molecule has 35 heavy (non-hydrogen) atoms. The van der Waals surface area contributed by atoms with Gasteiger partial charge in [0.2, 0.25) is 0 Å². The maximum Gasteiger partial charge on any atom is 0.338 e. The van der Waals surface area contributed by atoms with Crippen LogP contribution < -0.4 is 24.9 Å². The third kappa shape index (κ3) is 4.73. The van der Waals surface area contributed by atoms with Gasteiger partial charge in [0.25, 0.3) is 5.56 Å². The Morgan fingerprint density at radius 1 is 1.23 bits per heavy atom. The summed E-state index contributed by atoms with van der Waals surface area (Å²) in [7, 11) is 1.55. The number of esters is 1. The summed E-state index contributed by atoms with van der Waals surface area (Å²) in [4.78, 5) is 42.5. The topological polar surface area (TPSA) is 119 Å². The van der Waals surface area contributed by atoms with Gasteiger partial charge in [-0.3, -0.25) is 9.36 Å². The van der Waals surface area contributed by atoms with E-state index in [0.717, 1.165) is 0 Å². The van der Waals surface area contributed by atoms with Crippen LogP contribution >= 0.6 is 11.3 Å². The Kier molecular flexibility index (Phi) is 6.83. The second-order valence-electron chi connectivity index (χ2n) is 7.61. The first-order valence-electron chi connectivity index (χ1n) is 10.8. The lowest BCUT2D eigenvalue weighted by Crippen LogP contribution is -2.40. The summed E-state index contributed by atoms with van der Waals surface area (Å²) in [6.45, 7) is 3.63. The molecule has 1 atom stereocenters. The zero-order valence-corrected chi connectivity index (χ0v) is 20.1. The number of thiazole rings is 1. The number of hydrogen-bond acceptors (Lipinski definition) is 8. The maximum absolute atomic E-state index is 13.5. The quantitative estimate of drug-likeness (QED) is 0.486. The number of hydrogen-bond donors (Lipinski definition) is 2. The van der Waals surface area contributed by atoms with Crippen molar-refractivity contribution < 1.29 is 24.2 Å². The zero-order chi connectivity index (χ0) is 25.1. The molecule has 2 N–H and O–H groups in total. The first-order valence-corrected chi connectivity index (χ1v) is 11.6. The van der Waals surface area contributed by atoms with Gasteiger partial charge in [0.05, 0.1) is 36.6 Å². The van der Waals surface area contributed by atoms with Gasteiger partial charge in [-0.2, -0.15) is 0 Å². The summed E-state index contributed by atoms with van der Waals surface area (Å²) in [6, 6.07) is 12.6. The number of anilines is 1. The van der Waals surface area contributed by atoms with Gasteiger partial charge in [-0.25, -0.2) is 14.6 Å². The number of aromatic carboxylic acids is 1. The zero-order valence-electron chi connectivity index (χ0n) is 19.3. The van der Waals surface area contributed by atoms with Crippen LogP contribution in [0, 0.1) is 0 Å². The van der Waals surface area contributed by atoms with Crippen molar-refractivity contribution in [3.63, 3.8) is 0 Å². The van der Waals surface area contributed by atoms with Gasteiger partial charge in [0.1, 0.15) is 10.3 Å². The number of carbonyl (C=O) groups excluding carboxylic acids is 1. The second-order valence-corrected chi connectivity index (χ2v) is 8.61. The van der Waals surface area contributed by atoms with E-state index in [1.807, 2.05) is 6.07 Å². The summed E-state index contributed by atoms with van der Waals surface area (Å²) in [5.74, 6) is -0.961. The van der Waals surface area contributed by atoms with Crippen LogP contribution in [0.25, 0.3) is 6.20 Å². The van der Waals surface area contributed by atoms with Crippen LogP contribution in [0.2, 0.25) is 0 Å². The number of fused-ring (bicyclic) bond motifs is 1. The molecule has 1 aliphatic rings. The molecule has 0 radical (unpaired) electrons. The minimum atomic E-state index is -1.02. The fourth-order valence-corrected chi connectivity index (χ4v) is 4.75. The smallest absolute Gasteiger partial charge is 0.338 e. The Morgan fingerprint density at radius 2 is 1.97 bits per heavy atom. The van der Waals surface area contributed by atoms with Crippen LogP contribution in [0.1, 0.15) is 35.8 Å². The Morgan fingerprint density at radius 3 is 2.63 bits per heavy atom. The summed E-state index contributed by atoms with van der Waals surface area (Å²) in [5, 5.41) is 12.1. The molecule has 2 heterocycles. The fraction of sp³-hybridized carbons (Fsp3) is 0.200. The van der Waals surface area contributed by atoms with Crippen molar-refractivity contribution in [2.75, 3.05) is 19.0 Å². The van der Waals surface area contributed by atoms with Gasteiger partial charge in [-0.1, -0.05) is 23.5 Å². The highest BCUT2D eigenvalue weighted by Gasteiger charge is 2.33. The fourth-order valence-electron chi connectivity index (χ4n) is 3.78. The van der Waals surface area contributed by atoms with Gasteiger partial charge in [0.15, 0.2) is 4.80 Å². The highest BCUT2D eigenvalue weighted by Crippen LogP contribution is 2.32. The molecule has 0 unspecified atom stereocenters. The molecule has 0 amide bonds. The van der Waals surface area contributed by atoms with Crippen molar-refractivity contribution in [2.45, 2.75) is 19.9 Å². The Hall–Kier alpha value is -4.18. The van der Waals surface area contributed by atoms with Crippen molar-refractivity contribution in [1.82, 2.24) is 4.57 Å². The number of allylic oxidation sites excluding steroid dienone is 1. The van der Waals surface area contributed by atoms with Crippen molar-refractivity contribution in [3.8, 4) is 5.75 Å². The number of carbonyl (C=O) groups is 2. The molecular formula is C25H23N3O6S. The van der Waals surface area contributed by atoms with Crippen molar-refractivity contribution in [2.24, 2.45) is 4.99 Å². The number of aromatic nitrogens is 1. The minimum Gasteiger partial charge on any atom is -0.497 e. The summed E-state index contributed by atoms with van der Waals surface area (Å²) in [5.41, 5.74) is 1.90. The molecule has 0 bridgehead atoms. The second kappa shape index (κ2) is 9.98. The SMILES string of the molecule is CCOC(=O)C1=C(C)N=c2s/c(=C\Nc3ccc(C(=O)O)cc3)c(=O)n2[C@@H]1c1cccc(OC)c1. The number of nitrogens with zero attached hydrogens (tertiary/aromatic N) is 2. The van der Waals surface area contributed by atoms with E-state index >= 15 is 0 Å². The average Bonchev–Trinajstić information content (AvgIpc) is 3.16. The highest BCUT2D eigenvalue weighted by atomic mass is 32.1. The number of ether oxygens (including phenoxy) is 2. The van der Waals surface area contributed by atoms with E-state index in [1.165, 1.54) is 28.0 Å². The molecule has 4 rings (SSSR count). The summed E-state index contributed by atoms with van der Waals surface area (Å²) < 4.78 is 12.5. The third-order valence-electron chi connectivity index (χ3n) is 5.43. The number of carboxylic acid groups (broad SMARTS) is 1. The first-order chi connectivity index (χ1) is 16.8. The molecule has 0 saturated heterocycles. The standard InChI is InChI=1S/C25H23N3O6S/c1-4-34-24(32)20-14(2)27-25-28(21(20)16-6-5-7-18(12-16)33-3)22(29)19(35-25)13-26-17-10-8-15(9-11-17)23(30)31/h5-13,21,26H,4H2,1-3H3,(H,30,31)/b19-13-/t21-/m1/s1. The molecule has 0 spiro atoms. The number of methoxy groups -OCH3 is 1. The molecule has 0 aliphatic carbocycles. The monoisotopic (exact) mass is 493 g/mol. The van der Waals surface area contributed by atoms with E-state index in [2.05, 4.69) is 10.3 Å². The predicted molar refractivity (Wildman–Crippen MR) is 131 cm³/mol. The third-order valence-corrected chi connectivity index (χ3v) is 6.41. The molecule has 1 aliphatic heterocycles. The van der Waals surface area contributed by atoms with Crippen molar-refractivity contribution in [3.05, 3.63) is 90.6 Å². The van der Waals surface area contributed by atoms with Crippen LogP contribution in [0.5, 0.6) is 5.75 Å². The molecule has 3 aromatic rings. The van der Waals surface area contributed by atoms with Gasteiger partial charge < -0.3 is 19.9 Å². The van der Waals surface area contributed by atoms with Gasteiger partial charge >= 0.3 is 11.9 Å². The van der Waals surface area contributed by atoms with E-state index in [-0.39, 0.29) is 23.3 Å². The van der Waals surface area contributed by atoms with Gasteiger partial charge in [0, 0.05) is 11.9 Å². The van der Waals surface area contributed by atoms with E-state index in [9.17, 15) is 14.4 Å². The molecule has 1 aromatic heterocycles. The van der Waals surface area contributed by atoms with Crippen LogP contribution in [-0.2, 0) is 9.53 Å². The Bertz CT molecular complexity index is 1500. The van der Waals surface area contributed by atoms with E-state index in [1.54, 1.807) is 57.5 Å². The molecular weight excluding hydrogens is 470 g/mol. The van der Waals surface area contributed by atoms with E-state index in [4.69, 9.17) is 14.6 Å². The summed E-state index contributed by atoms with van der Waals surface area (Å²) in [6.07, 6.45) is 1.55. The first kappa shape index (κ1) is 24.0. The van der Waals surface area contributed by atoms with Gasteiger partial charge in [-0.15, -0.1) is 0 Å². The average molecular weight is 494 g/mol. The Balaban J connectivity index is 1.82. The Labute approximate surface area is 204 Å². The predicted octanol–water partition coefficient (Wildman–Crippen LogP) is 2.53. The van der Waals surface area contributed by atoms with E-state index in [0.29, 0.717) is 32.0 Å². The lowest BCUT2D eigenvalue weighted by atomic mass is 9.95. The minimum absolute atomic E-state index is 0.162. The van der Waals surface area contributed by atoms with Crippen LogP contribution in [0.3, 0.4) is 0 Å².